The molecular formula is C14H19BrO. The highest BCUT2D eigenvalue weighted by atomic mass is 79.9. The Hall–Kier alpha value is -0.630. The number of carbonyl (C=O) groups is 1. The lowest BCUT2D eigenvalue weighted by atomic mass is 10.0. The van der Waals surface area contributed by atoms with E-state index in [1.807, 2.05) is 12.1 Å². The molecule has 0 aromatic heterocycles. The molecule has 0 bridgehead atoms. The molecule has 1 aromatic carbocycles. The van der Waals surface area contributed by atoms with Gasteiger partial charge in [-0.05, 0) is 24.8 Å². The first-order valence-corrected chi connectivity index (χ1v) is 7.08. The van der Waals surface area contributed by atoms with E-state index < -0.39 is 0 Å². The van der Waals surface area contributed by atoms with Gasteiger partial charge in [0.2, 0.25) is 0 Å². The number of halogens is 1. The van der Waals surface area contributed by atoms with E-state index in [0.717, 1.165) is 23.7 Å². The standard InChI is InChI=1S/C14H19BrO/c1-2-3-5-12-7-9-13(10-8-12)14(16)6-4-11-15/h7-10H,2-6,11H2,1H3. The van der Waals surface area contributed by atoms with Crippen LogP contribution in [-0.2, 0) is 6.42 Å². The topological polar surface area (TPSA) is 17.1 Å². The fourth-order valence-corrected chi connectivity index (χ4v) is 1.89. The molecule has 0 atom stereocenters. The Labute approximate surface area is 106 Å². The van der Waals surface area contributed by atoms with Gasteiger partial charge in [-0.15, -0.1) is 0 Å². The first kappa shape index (κ1) is 13.4. The van der Waals surface area contributed by atoms with Crippen LogP contribution in [0.2, 0.25) is 0 Å². The van der Waals surface area contributed by atoms with Crippen LogP contribution >= 0.6 is 15.9 Å². The molecule has 16 heavy (non-hydrogen) atoms. The highest BCUT2D eigenvalue weighted by Gasteiger charge is 2.04. The molecule has 0 fully saturated rings. The molecule has 0 aliphatic heterocycles. The van der Waals surface area contributed by atoms with Crippen molar-refractivity contribution in [1.29, 1.82) is 0 Å². The van der Waals surface area contributed by atoms with E-state index >= 15 is 0 Å². The second-order valence-corrected chi connectivity index (χ2v) is 4.81. The minimum Gasteiger partial charge on any atom is -0.294 e. The zero-order valence-electron chi connectivity index (χ0n) is 9.84. The smallest absolute Gasteiger partial charge is 0.162 e. The van der Waals surface area contributed by atoms with Crippen molar-refractivity contribution in [1.82, 2.24) is 0 Å². The highest BCUT2D eigenvalue weighted by molar-refractivity contribution is 9.09. The molecule has 0 aliphatic carbocycles. The first-order chi connectivity index (χ1) is 7.77. The average Bonchev–Trinajstić information content (AvgIpc) is 2.34. The molecule has 0 amide bonds. The molecule has 0 heterocycles. The third-order valence-corrected chi connectivity index (χ3v) is 3.19. The van der Waals surface area contributed by atoms with Gasteiger partial charge in [0.15, 0.2) is 5.78 Å². The highest BCUT2D eigenvalue weighted by Crippen LogP contribution is 2.10. The summed E-state index contributed by atoms with van der Waals surface area (Å²) in [6, 6.07) is 8.08. The molecule has 0 N–H and O–H groups in total. The zero-order valence-corrected chi connectivity index (χ0v) is 11.4. The van der Waals surface area contributed by atoms with Crippen molar-refractivity contribution >= 4 is 21.7 Å². The Kier molecular flexibility index (Phi) is 6.39. The third-order valence-electron chi connectivity index (χ3n) is 2.63. The summed E-state index contributed by atoms with van der Waals surface area (Å²) in [7, 11) is 0. The summed E-state index contributed by atoms with van der Waals surface area (Å²) in [4.78, 5) is 11.7. The normalized spacial score (nSPS) is 10.4. The number of alkyl halides is 1. The number of ketones is 1. The monoisotopic (exact) mass is 282 g/mol. The lowest BCUT2D eigenvalue weighted by Gasteiger charge is -2.02. The van der Waals surface area contributed by atoms with E-state index in [1.165, 1.54) is 18.4 Å². The van der Waals surface area contributed by atoms with E-state index in [1.54, 1.807) is 0 Å². The summed E-state index contributed by atoms with van der Waals surface area (Å²) in [6.45, 7) is 2.19. The summed E-state index contributed by atoms with van der Waals surface area (Å²) >= 11 is 3.34. The second kappa shape index (κ2) is 7.61. The Bertz CT molecular complexity index is 316. The van der Waals surface area contributed by atoms with Crippen LogP contribution in [0.1, 0.15) is 48.5 Å². The summed E-state index contributed by atoms with van der Waals surface area (Å²) < 4.78 is 0. The van der Waals surface area contributed by atoms with Gasteiger partial charge in [0.05, 0.1) is 0 Å². The molecule has 1 nitrogen and oxygen atoms in total. The third kappa shape index (κ3) is 4.48. The number of hydrogen-bond acceptors (Lipinski definition) is 1. The van der Waals surface area contributed by atoms with Gasteiger partial charge in [0.25, 0.3) is 0 Å². The Balaban J connectivity index is 2.53. The van der Waals surface area contributed by atoms with Crippen molar-refractivity contribution < 1.29 is 4.79 Å². The minimum absolute atomic E-state index is 0.251. The number of Topliss-reactive ketones (excluding diaryl/α,β-unsaturated/α-hetero) is 1. The van der Waals surface area contributed by atoms with Gasteiger partial charge >= 0.3 is 0 Å². The maximum absolute atomic E-state index is 11.7. The average molecular weight is 283 g/mol. The number of rotatable bonds is 7. The van der Waals surface area contributed by atoms with Crippen molar-refractivity contribution in [3.05, 3.63) is 35.4 Å². The van der Waals surface area contributed by atoms with Gasteiger partial charge in [-0.2, -0.15) is 0 Å². The van der Waals surface area contributed by atoms with Gasteiger partial charge in [-0.1, -0.05) is 53.5 Å². The van der Waals surface area contributed by atoms with Crippen LogP contribution < -0.4 is 0 Å². The van der Waals surface area contributed by atoms with Crippen LogP contribution in [0.5, 0.6) is 0 Å². The van der Waals surface area contributed by atoms with Crippen LogP contribution in [0.25, 0.3) is 0 Å². The Morgan fingerprint density at radius 1 is 1.19 bits per heavy atom. The molecule has 0 spiro atoms. The molecular weight excluding hydrogens is 264 g/mol. The number of unbranched alkanes of at least 4 members (excludes halogenated alkanes) is 1. The van der Waals surface area contributed by atoms with Crippen molar-refractivity contribution in [3.63, 3.8) is 0 Å². The van der Waals surface area contributed by atoms with Crippen molar-refractivity contribution in [3.8, 4) is 0 Å². The fraction of sp³-hybridized carbons (Fsp3) is 0.500. The SMILES string of the molecule is CCCCc1ccc(C(=O)CCCBr)cc1. The maximum Gasteiger partial charge on any atom is 0.162 e. The van der Waals surface area contributed by atoms with E-state index in [4.69, 9.17) is 0 Å². The maximum atomic E-state index is 11.7. The van der Waals surface area contributed by atoms with E-state index in [9.17, 15) is 4.79 Å². The van der Waals surface area contributed by atoms with Gasteiger partial charge < -0.3 is 0 Å². The van der Waals surface area contributed by atoms with Crippen LogP contribution in [0.3, 0.4) is 0 Å². The molecule has 0 unspecified atom stereocenters. The van der Waals surface area contributed by atoms with Crippen molar-refractivity contribution in [2.75, 3.05) is 5.33 Å². The van der Waals surface area contributed by atoms with E-state index in [0.29, 0.717) is 6.42 Å². The van der Waals surface area contributed by atoms with Crippen molar-refractivity contribution in [2.24, 2.45) is 0 Å². The number of hydrogen-bond donors (Lipinski definition) is 0. The van der Waals surface area contributed by atoms with Crippen molar-refractivity contribution in [2.45, 2.75) is 39.0 Å². The molecule has 2 heteroatoms. The molecule has 0 saturated heterocycles. The van der Waals surface area contributed by atoms with Crippen LogP contribution in [0.4, 0.5) is 0 Å². The molecule has 1 aromatic rings. The Morgan fingerprint density at radius 3 is 2.44 bits per heavy atom. The first-order valence-electron chi connectivity index (χ1n) is 5.96. The lowest BCUT2D eigenvalue weighted by molar-refractivity contribution is 0.0982. The van der Waals surface area contributed by atoms with E-state index in [-0.39, 0.29) is 5.78 Å². The quantitative estimate of drug-likeness (QED) is 0.536. The van der Waals surface area contributed by atoms with Crippen LogP contribution in [-0.4, -0.2) is 11.1 Å². The molecule has 0 saturated carbocycles. The summed E-state index contributed by atoms with van der Waals surface area (Å²) in [5.74, 6) is 0.251. The Morgan fingerprint density at radius 2 is 1.88 bits per heavy atom. The van der Waals surface area contributed by atoms with Gasteiger partial charge in [0, 0.05) is 17.3 Å². The second-order valence-electron chi connectivity index (χ2n) is 4.02. The predicted octanol–water partition coefficient (Wildman–Crippen LogP) is 4.39. The summed E-state index contributed by atoms with van der Waals surface area (Å²) in [5, 5.41) is 0.896. The van der Waals surface area contributed by atoms with Crippen LogP contribution in [0, 0.1) is 0 Å². The van der Waals surface area contributed by atoms with Crippen LogP contribution in [0.15, 0.2) is 24.3 Å². The van der Waals surface area contributed by atoms with E-state index in [2.05, 4.69) is 35.0 Å². The number of benzene rings is 1. The van der Waals surface area contributed by atoms with Gasteiger partial charge in [-0.3, -0.25) is 4.79 Å². The fourth-order valence-electron chi connectivity index (χ4n) is 1.61. The molecule has 88 valence electrons. The summed E-state index contributed by atoms with van der Waals surface area (Å²) in [6.07, 6.45) is 5.10. The number of carbonyl (C=O) groups excluding carboxylic acids is 1. The number of aryl methyl sites for hydroxylation is 1. The zero-order chi connectivity index (χ0) is 11.8. The summed E-state index contributed by atoms with van der Waals surface area (Å²) in [5.41, 5.74) is 2.18. The molecule has 0 aliphatic rings. The minimum atomic E-state index is 0.251. The molecule has 1 rings (SSSR count). The predicted molar refractivity (Wildman–Crippen MR) is 72.4 cm³/mol. The van der Waals surface area contributed by atoms with Gasteiger partial charge in [0.1, 0.15) is 0 Å². The molecule has 0 radical (unpaired) electrons. The largest absolute Gasteiger partial charge is 0.294 e. The van der Waals surface area contributed by atoms with Gasteiger partial charge in [-0.25, -0.2) is 0 Å². The lowest BCUT2D eigenvalue weighted by Crippen LogP contribution is -1.99.